The molecule has 1 aliphatic heterocycles. The summed E-state index contributed by atoms with van der Waals surface area (Å²) in [6.45, 7) is 12.3. The number of benzene rings is 1. The standard InChI is InChI=1S/C23H39N3O4.HI/c1-4-24-23(26-10-9-22(17-26)19-29-12-11-27-3)25-16-20-7-6-8-21(15-20)18-30-14-13-28-5-2;/h6-8,15,22H,4-5,9-14,16-19H2,1-3H3,(H,24,25);1H. The van der Waals surface area contributed by atoms with Crippen LogP contribution in [-0.2, 0) is 32.1 Å². The largest absolute Gasteiger partial charge is 0.382 e. The van der Waals surface area contributed by atoms with Crippen molar-refractivity contribution in [1.29, 1.82) is 0 Å². The number of methoxy groups -OCH3 is 1. The first-order valence-electron chi connectivity index (χ1n) is 11.1. The highest BCUT2D eigenvalue weighted by Gasteiger charge is 2.24. The van der Waals surface area contributed by atoms with Crippen LogP contribution in [0.5, 0.6) is 0 Å². The molecule has 0 saturated carbocycles. The van der Waals surface area contributed by atoms with Crippen molar-refractivity contribution in [2.45, 2.75) is 33.4 Å². The van der Waals surface area contributed by atoms with Gasteiger partial charge in [-0.3, -0.25) is 0 Å². The smallest absolute Gasteiger partial charge is 0.194 e. The summed E-state index contributed by atoms with van der Waals surface area (Å²) in [6, 6.07) is 8.45. The maximum absolute atomic E-state index is 5.71. The van der Waals surface area contributed by atoms with Gasteiger partial charge in [0.2, 0.25) is 0 Å². The minimum Gasteiger partial charge on any atom is -0.382 e. The number of hydrogen-bond acceptors (Lipinski definition) is 5. The second-order valence-corrected chi connectivity index (χ2v) is 7.41. The summed E-state index contributed by atoms with van der Waals surface area (Å²) in [5.41, 5.74) is 2.36. The first-order valence-corrected chi connectivity index (χ1v) is 11.1. The van der Waals surface area contributed by atoms with Crippen LogP contribution in [0, 0.1) is 5.92 Å². The average Bonchev–Trinajstić information content (AvgIpc) is 3.23. The molecule has 1 heterocycles. The Morgan fingerprint density at radius 1 is 1.10 bits per heavy atom. The molecule has 1 fully saturated rings. The highest BCUT2D eigenvalue weighted by molar-refractivity contribution is 14.0. The van der Waals surface area contributed by atoms with Gasteiger partial charge >= 0.3 is 0 Å². The molecule has 0 amide bonds. The number of ether oxygens (including phenoxy) is 4. The van der Waals surface area contributed by atoms with Crippen molar-refractivity contribution in [2.24, 2.45) is 10.9 Å². The SMILES string of the molecule is CCNC(=NCc1cccc(COCCOCC)c1)N1CCC(COCCOC)C1.I. The normalized spacial score (nSPS) is 16.4. The first-order chi connectivity index (χ1) is 14.8. The molecular formula is C23H40IN3O4. The van der Waals surface area contributed by atoms with Crippen molar-refractivity contribution in [3.05, 3.63) is 35.4 Å². The Hall–Kier alpha value is -0.940. The van der Waals surface area contributed by atoms with Gasteiger partial charge < -0.3 is 29.2 Å². The van der Waals surface area contributed by atoms with Crippen molar-refractivity contribution in [3.63, 3.8) is 0 Å². The van der Waals surface area contributed by atoms with Gasteiger partial charge in [-0.1, -0.05) is 24.3 Å². The number of rotatable bonds is 14. The zero-order valence-corrected chi connectivity index (χ0v) is 21.6. The summed E-state index contributed by atoms with van der Waals surface area (Å²) in [5, 5.41) is 3.44. The maximum atomic E-state index is 5.71. The van der Waals surface area contributed by atoms with Crippen molar-refractivity contribution in [2.75, 3.05) is 66.4 Å². The molecule has 1 aliphatic rings. The van der Waals surface area contributed by atoms with Crippen LogP contribution in [0.1, 0.15) is 31.4 Å². The fraction of sp³-hybridized carbons (Fsp3) is 0.696. The van der Waals surface area contributed by atoms with Crippen LogP contribution < -0.4 is 5.32 Å². The van der Waals surface area contributed by atoms with Gasteiger partial charge in [-0.05, 0) is 31.4 Å². The van der Waals surface area contributed by atoms with Gasteiger partial charge in [0.05, 0.1) is 46.2 Å². The van der Waals surface area contributed by atoms with Gasteiger partial charge in [-0.2, -0.15) is 0 Å². The van der Waals surface area contributed by atoms with Crippen LogP contribution in [-0.4, -0.2) is 77.2 Å². The molecule has 31 heavy (non-hydrogen) atoms. The number of hydrogen-bond donors (Lipinski definition) is 1. The lowest BCUT2D eigenvalue weighted by molar-refractivity contribution is 0.0453. The van der Waals surface area contributed by atoms with E-state index in [9.17, 15) is 0 Å². The number of likely N-dealkylation sites (tertiary alicyclic amines) is 1. The van der Waals surface area contributed by atoms with Crippen molar-refractivity contribution in [1.82, 2.24) is 10.2 Å². The monoisotopic (exact) mass is 549 g/mol. The Labute approximate surface area is 204 Å². The van der Waals surface area contributed by atoms with E-state index in [4.69, 9.17) is 23.9 Å². The second kappa shape index (κ2) is 17.6. The lowest BCUT2D eigenvalue weighted by Gasteiger charge is -2.21. The van der Waals surface area contributed by atoms with E-state index in [0.29, 0.717) is 45.5 Å². The molecule has 1 aromatic carbocycles. The van der Waals surface area contributed by atoms with Crippen LogP contribution in [0.25, 0.3) is 0 Å². The lowest BCUT2D eigenvalue weighted by atomic mass is 10.1. The van der Waals surface area contributed by atoms with E-state index in [1.807, 2.05) is 6.92 Å². The summed E-state index contributed by atoms with van der Waals surface area (Å²) >= 11 is 0. The molecule has 0 radical (unpaired) electrons. The van der Waals surface area contributed by atoms with Crippen molar-refractivity contribution < 1.29 is 18.9 Å². The first kappa shape index (κ1) is 28.1. The number of nitrogens with one attached hydrogen (secondary N) is 1. The molecule has 1 N–H and O–H groups in total. The topological polar surface area (TPSA) is 64.6 Å². The molecular weight excluding hydrogens is 509 g/mol. The fourth-order valence-corrected chi connectivity index (χ4v) is 3.42. The zero-order chi connectivity index (χ0) is 21.4. The van der Waals surface area contributed by atoms with Gasteiger partial charge in [-0.25, -0.2) is 4.99 Å². The Morgan fingerprint density at radius 2 is 1.87 bits per heavy atom. The van der Waals surface area contributed by atoms with E-state index < -0.39 is 0 Å². The summed E-state index contributed by atoms with van der Waals surface area (Å²) in [4.78, 5) is 7.22. The molecule has 178 valence electrons. The molecule has 0 aliphatic carbocycles. The van der Waals surface area contributed by atoms with Crippen molar-refractivity contribution in [3.8, 4) is 0 Å². The average molecular weight is 549 g/mol. The number of aliphatic imine (C=N–C) groups is 1. The molecule has 0 bridgehead atoms. The van der Waals surface area contributed by atoms with E-state index >= 15 is 0 Å². The molecule has 1 aromatic rings. The van der Waals surface area contributed by atoms with Gasteiger partial charge in [0.15, 0.2) is 5.96 Å². The second-order valence-electron chi connectivity index (χ2n) is 7.41. The summed E-state index contributed by atoms with van der Waals surface area (Å²) in [5.74, 6) is 1.53. The Morgan fingerprint density at radius 3 is 2.65 bits per heavy atom. The number of halogens is 1. The Bertz CT molecular complexity index is 618. The highest BCUT2D eigenvalue weighted by Crippen LogP contribution is 2.17. The number of nitrogens with zero attached hydrogens (tertiary/aromatic N) is 2. The van der Waals surface area contributed by atoms with Crippen LogP contribution in [0.15, 0.2) is 29.3 Å². The molecule has 0 spiro atoms. The van der Waals surface area contributed by atoms with Gasteiger partial charge in [0, 0.05) is 39.3 Å². The third-order valence-corrected chi connectivity index (χ3v) is 4.95. The summed E-state index contributed by atoms with van der Waals surface area (Å²) < 4.78 is 21.7. The van der Waals surface area contributed by atoms with E-state index in [-0.39, 0.29) is 24.0 Å². The summed E-state index contributed by atoms with van der Waals surface area (Å²) in [6.07, 6.45) is 1.13. The predicted molar refractivity (Wildman–Crippen MR) is 135 cm³/mol. The maximum Gasteiger partial charge on any atom is 0.194 e. The summed E-state index contributed by atoms with van der Waals surface area (Å²) in [7, 11) is 1.70. The van der Waals surface area contributed by atoms with Gasteiger partial charge in [0.25, 0.3) is 0 Å². The van der Waals surface area contributed by atoms with Crippen molar-refractivity contribution >= 4 is 29.9 Å². The zero-order valence-electron chi connectivity index (χ0n) is 19.3. The van der Waals surface area contributed by atoms with E-state index in [1.165, 1.54) is 11.1 Å². The minimum atomic E-state index is 0. The fourth-order valence-electron chi connectivity index (χ4n) is 3.42. The molecule has 1 atom stereocenters. The van der Waals surface area contributed by atoms with E-state index in [1.54, 1.807) is 7.11 Å². The molecule has 7 nitrogen and oxygen atoms in total. The molecule has 2 rings (SSSR count). The molecule has 1 unspecified atom stereocenters. The lowest BCUT2D eigenvalue weighted by Crippen LogP contribution is -2.40. The van der Waals surface area contributed by atoms with E-state index in [0.717, 1.165) is 45.2 Å². The van der Waals surface area contributed by atoms with Crippen LogP contribution in [0.3, 0.4) is 0 Å². The highest BCUT2D eigenvalue weighted by atomic mass is 127. The predicted octanol–water partition coefficient (Wildman–Crippen LogP) is 3.31. The molecule has 8 heteroatoms. The van der Waals surface area contributed by atoms with Crippen LogP contribution in [0.2, 0.25) is 0 Å². The van der Waals surface area contributed by atoms with Gasteiger partial charge in [0.1, 0.15) is 0 Å². The van der Waals surface area contributed by atoms with Crippen LogP contribution in [0.4, 0.5) is 0 Å². The molecule has 1 saturated heterocycles. The van der Waals surface area contributed by atoms with E-state index in [2.05, 4.69) is 41.4 Å². The Balaban J connectivity index is 0.00000480. The minimum absolute atomic E-state index is 0. The quantitative estimate of drug-likeness (QED) is 0.166. The molecule has 0 aromatic heterocycles. The van der Waals surface area contributed by atoms with Crippen LogP contribution >= 0.6 is 24.0 Å². The van der Waals surface area contributed by atoms with Gasteiger partial charge in [-0.15, -0.1) is 24.0 Å². The number of guanidine groups is 1. The Kier molecular flexibility index (Phi) is 15.9. The third-order valence-electron chi connectivity index (χ3n) is 4.95. The third kappa shape index (κ3) is 11.5.